The molecule has 3 rings (SSSR count). The van der Waals surface area contributed by atoms with Gasteiger partial charge in [-0.2, -0.15) is 0 Å². The van der Waals surface area contributed by atoms with E-state index >= 15 is 0 Å². The van der Waals surface area contributed by atoms with E-state index in [0.29, 0.717) is 43.4 Å². The van der Waals surface area contributed by atoms with Crippen LogP contribution in [0.3, 0.4) is 0 Å². The third kappa shape index (κ3) is 5.54. The van der Waals surface area contributed by atoms with Gasteiger partial charge < -0.3 is 24.4 Å². The Morgan fingerprint density at radius 2 is 1.76 bits per heavy atom. The first-order valence-electron chi connectivity index (χ1n) is 9.26. The summed E-state index contributed by atoms with van der Waals surface area (Å²) in [5.41, 5.74) is 1.68. The predicted octanol–water partition coefficient (Wildman–Crippen LogP) is 2.70. The summed E-state index contributed by atoms with van der Waals surface area (Å²) >= 11 is 6.12. The highest BCUT2D eigenvalue weighted by molar-refractivity contribution is 6.30. The molecule has 1 N–H and O–H groups in total. The van der Waals surface area contributed by atoms with Crippen LogP contribution in [0, 0.1) is 0 Å². The van der Waals surface area contributed by atoms with Crippen LogP contribution in [0.1, 0.15) is 5.56 Å². The fraction of sp³-hybridized carbons (Fsp3) is 0.333. The number of rotatable bonds is 7. The number of carboxylic acids is 1. The Bertz CT molecular complexity index is 864. The summed E-state index contributed by atoms with van der Waals surface area (Å²) in [5.74, 6) is 0.259. The Hall–Kier alpha value is -2.93. The van der Waals surface area contributed by atoms with Crippen LogP contribution in [0.25, 0.3) is 0 Å². The average Bonchev–Trinajstić information content (AvgIpc) is 2.73. The fourth-order valence-corrected chi connectivity index (χ4v) is 3.39. The molecule has 0 aromatic heterocycles. The summed E-state index contributed by atoms with van der Waals surface area (Å²) in [6, 6.07) is 12.6. The molecular formula is C21H23ClN2O5. The lowest BCUT2D eigenvalue weighted by molar-refractivity contribution is -0.139. The number of hydrogen-bond donors (Lipinski definition) is 1. The number of amides is 1. The van der Waals surface area contributed by atoms with Crippen LogP contribution in [0.15, 0.2) is 42.5 Å². The van der Waals surface area contributed by atoms with Gasteiger partial charge in [0.1, 0.15) is 11.5 Å². The molecule has 1 aliphatic heterocycles. The molecule has 0 unspecified atom stereocenters. The molecule has 154 valence electrons. The van der Waals surface area contributed by atoms with E-state index in [1.807, 2.05) is 29.2 Å². The highest BCUT2D eigenvalue weighted by atomic mass is 35.5. The van der Waals surface area contributed by atoms with Crippen molar-refractivity contribution >= 4 is 29.2 Å². The number of carbonyl (C=O) groups excluding carboxylic acids is 1. The first kappa shape index (κ1) is 20.8. The molecular weight excluding hydrogens is 396 g/mol. The Labute approximate surface area is 174 Å². The minimum atomic E-state index is -1.04. The summed E-state index contributed by atoms with van der Waals surface area (Å²) in [6.07, 6.45) is 0.341. The van der Waals surface area contributed by atoms with E-state index < -0.39 is 12.6 Å². The maximum atomic E-state index is 12.6. The number of halogens is 1. The summed E-state index contributed by atoms with van der Waals surface area (Å²) < 4.78 is 10.5. The zero-order valence-electron chi connectivity index (χ0n) is 16.1. The lowest BCUT2D eigenvalue weighted by Gasteiger charge is -2.36. The molecule has 0 atom stereocenters. The maximum absolute atomic E-state index is 12.6. The van der Waals surface area contributed by atoms with Crippen LogP contribution in [0.2, 0.25) is 5.02 Å². The molecule has 0 radical (unpaired) electrons. The van der Waals surface area contributed by atoms with Crippen LogP contribution in [0.5, 0.6) is 11.5 Å². The standard InChI is InChI=1S/C21H23ClN2O5/c1-28-17-5-2-15(3-6-17)12-20(25)24-10-8-23(9-11-24)18-13-16(22)4-7-19(18)29-14-21(26)27/h2-7,13H,8-12,14H2,1H3,(H,26,27). The van der Waals surface area contributed by atoms with Crippen molar-refractivity contribution in [2.24, 2.45) is 0 Å². The number of aliphatic carboxylic acids is 1. The van der Waals surface area contributed by atoms with Crippen LogP contribution in [0.4, 0.5) is 5.69 Å². The van der Waals surface area contributed by atoms with Crippen LogP contribution >= 0.6 is 11.6 Å². The number of methoxy groups -OCH3 is 1. The van der Waals surface area contributed by atoms with Crippen LogP contribution in [-0.4, -0.2) is 61.8 Å². The second kappa shape index (κ2) is 9.52. The number of piperazine rings is 1. The van der Waals surface area contributed by atoms with Gasteiger partial charge in [0.25, 0.3) is 0 Å². The summed E-state index contributed by atoms with van der Waals surface area (Å²) in [5, 5.41) is 9.40. The summed E-state index contributed by atoms with van der Waals surface area (Å²) in [4.78, 5) is 27.3. The lowest BCUT2D eigenvalue weighted by Crippen LogP contribution is -2.49. The highest BCUT2D eigenvalue weighted by Crippen LogP contribution is 2.32. The first-order valence-corrected chi connectivity index (χ1v) is 9.64. The predicted molar refractivity (Wildman–Crippen MR) is 110 cm³/mol. The van der Waals surface area contributed by atoms with Gasteiger partial charge in [0, 0.05) is 31.2 Å². The summed E-state index contributed by atoms with van der Waals surface area (Å²) in [6.45, 7) is 1.94. The van der Waals surface area contributed by atoms with E-state index in [2.05, 4.69) is 4.90 Å². The molecule has 2 aromatic carbocycles. The lowest BCUT2D eigenvalue weighted by atomic mass is 10.1. The molecule has 1 saturated heterocycles. The van der Waals surface area contributed by atoms with Crippen molar-refractivity contribution in [3.63, 3.8) is 0 Å². The Morgan fingerprint density at radius 1 is 1.07 bits per heavy atom. The van der Waals surface area contributed by atoms with Gasteiger partial charge in [-0.25, -0.2) is 4.79 Å². The van der Waals surface area contributed by atoms with E-state index in [4.69, 9.17) is 26.2 Å². The zero-order chi connectivity index (χ0) is 20.8. The van der Waals surface area contributed by atoms with Crippen molar-refractivity contribution in [2.45, 2.75) is 6.42 Å². The van der Waals surface area contributed by atoms with Gasteiger partial charge in [-0.15, -0.1) is 0 Å². The Kier molecular flexibility index (Phi) is 6.82. The third-order valence-electron chi connectivity index (χ3n) is 4.76. The van der Waals surface area contributed by atoms with E-state index in [9.17, 15) is 9.59 Å². The fourth-order valence-electron chi connectivity index (χ4n) is 3.23. The van der Waals surface area contributed by atoms with Crippen molar-refractivity contribution < 1.29 is 24.2 Å². The number of carbonyl (C=O) groups is 2. The van der Waals surface area contributed by atoms with Gasteiger partial charge in [-0.3, -0.25) is 4.79 Å². The smallest absolute Gasteiger partial charge is 0.341 e. The number of ether oxygens (including phenoxy) is 2. The van der Waals surface area contributed by atoms with Gasteiger partial charge in [0.15, 0.2) is 6.61 Å². The van der Waals surface area contributed by atoms with E-state index in [1.165, 1.54) is 0 Å². The quantitative estimate of drug-likeness (QED) is 0.744. The number of anilines is 1. The monoisotopic (exact) mass is 418 g/mol. The molecule has 0 bridgehead atoms. The number of benzene rings is 2. The SMILES string of the molecule is COc1ccc(CC(=O)N2CCN(c3cc(Cl)ccc3OCC(=O)O)CC2)cc1. The van der Waals surface area contributed by atoms with Crippen LogP contribution < -0.4 is 14.4 Å². The van der Waals surface area contributed by atoms with E-state index in [-0.39, 0.29) is 5.91 Å². The van der Waals surface area contributed by atoms with Crippen molar-refractivity contribution in [3.8, 4) is 11.5 Å². The molecule has 7 nitrogen and oxygen atoms in total. The van der Waals surface area contributed by atoms with Gasteiger partial charge in [0.05, 0.1) is 19.2 Å². The van der Waals surface area contributed by atoms with Gasteiger partial charge in [-0.1, -0.05) is 23.7 Å². The molecule has 2 aromatic rings. The number of hydrogen-bond acceptors (Lipinski definition) is 5. The van der Waals surface area contributed by atoms with Gasteiger partial charge in [0.2, 0.25) is 5.91 Å². The third-order valence-corrected chi connectivity index (χ3v) is 4.99. The van der Waals surface area contributed by atoms with Crippen molar-refractivity contribution in [3.05, 3.63) is 53.1 Å². The second-order valence-electron chi connectivity index (χ2n) is 6.69. The van der Waals surface area contributed by atoms with Crippen molar-refractivity contribution in [1.29, 1.82) is 0 Å². The van der Waals surface area contributed by atoms with Crippen LogP contribution in [-0.2, 0) is 16.0 Å². The Balaban J connectivity index is 1.60. The molecule has 0 spiro atoms. The average molecular weight is 419 g/mol. The largest absolute Gasteiger partial charge is 0.497 e. The Morgan fingerprint density at radius 3 is 2.38 bits per heavy atom. The maximum Gasteiger partial charge on any atom is 0.341 e. The molecule has 0 saturated carbocycles. The van der Waals surface area contributed by atoms with E-state index in [1.54, 1.807) is 25.3 Å². The molecule has 0 aliphatic carbocycles. The minimum Gasteiger partial charge on any atom is -0.497 e. The molecule has 1 heterocycles. The second-order valence-corrected chi connectivity index (χ2v) is 7.12. The minimum absolute atomic E-state index is 0.0725. The van der Waals surface area contributed by atoms with Crippen molar-refractivity contribution in [1.82, 2.24) is 4.90 Å². The van der Waals surface area contributed by atoms with Gasteiger partial charge >= 0.3 is 5.97 Å². The number of carboxylic acid groups (broad SMARTS) is 1. The van der Waals surface area contributed by atoms with Gasteiger partial charge in [-0.05, 0) is 35.9 Å². The topological polar surface area (TPSA) is 79.3 Å². The molecule has 1 amide bonds. The zero-order valence-corrected chi connectivity index (χ0v) is 16.9. The highest BCUT2D eigenvalue weighted by Gasteiger charge is 2.23. The first-order chi connectivity index (χ1) is 14.0. The molecule has 8 heteroatoms. The van der Waals surface area contributed by atoms with Crippen molar-refractivity contribution in [2.75, 3.05) is 44.8 Å². The van der Waals surface area contributed by atoms with E-state index in [0.717, 1.165) is 17.0 Å². The summed E-state index contributed by atoms with van der Waals surface area (Å²) in [7, 11) is 1.61. The molecule has 29 heavy (non-hydrogen) atoms. The number of nitrogens with zero attached hydrogens (tertiary/aromatic N) is 2. The normalized spacial score (nSPS) is 13.9. The molecule has 1 aliphatic rings. The molecule has 1 fully saturated rings.